The third-order valence-electron chi connectivity index (χ3n) is 2.95. The highest BCUT2D eigenvalue weighted by atomic mass is 35.5. The second kappa shape index (κ2) is 6.49. The van der Waals surface area contributed by atoms with Crippen LogP contribution in [-0.4, -0.2) is 15.7 Å². The Kier molecular flexibility index (Phi) is 4.70. The van der Waals surface area contributed by atoms with Gasteiger partial charge in [-0.1, -0.05) is 11.8 Å². The summed E-state index contributed by atoms with van der Waals surface area (Å²) in [5.41, 5.74) is 4.06. The molecule has 0 aliphatic heterocycles. The van der Waals surface area contributed by atoms with Crippen LogP contribution in [0.1, 0.15) is 22.5 Å². The zero-order valence-electron chi connectivity index (χ0n) is 11.9. The Bertz CT molecular complexity index is 665. The van der Waals surface area contributed by atoms with Crippen molar-refractivity contribution in [3.8, 4) is 17.6 Å². The maximum atomic E-state index is 5.84. The third-order valence-corrected chi connectivity index (χ3v) is 3.08. The Morgan fingerprint density at radius 2 is 2.10 bits per heavy atom. The summed E-state index contributed by atoms with van der Waals surface area (Å²) in [6.45, 7) is 4.49. The van der Waals surface area contributed by atoms with E-state index in [2.05, 4.69) is 16.9 Å². The van der Waals surface area contributed by atoms with Crippen molar-refractivity contribution < 1.29 is 4.74 Å². The first-order chi connectivity index (χ1) is 9.60. The lowest BCUT2D eigenvalue weighted by molar-refractivity contribution is 0.293. The molecule has 0 amide bonds. The van der Waals surface area contributed by atoms with Crippen LogP contribution < -0.4 is 4.74 Å². The van der Waals surface area contributed by atoms with Gasteiger partial charge in [0, 0.05) is 12.6 Å². The first-order valence-electron chi connectivity index (χ1n) is 6.38. The van der Waals surface area contributed by atoms with Gasteiger partial charge in [0.2, 0.25) is 0 Å². The fourth-order valence-electron chi connectivity index (χ4n) is 1.98. The van der Waals surface area contributed by atoms with E-state index in [1.165, 1.54) is 0 Å². The minimum Gasteiger partial charge on any atom is -0.487 e. The number of rotatable bonds is 3. The van der Waals surface area contributed by atoms with Gasteiger partial charge in [-0.25, -0.2) is 0 Å². The minimum absolute atomic E-state index is 0.344. The lowest BCUT2D eigenvalue weighted by Gasteiger charge is -2.09. The van der Waals surface area contributed by atoms with Gasteiger partial charge in [-0.15, -0.1) is 11.6 Å². The van der Waals surface area contributed by atoms with E-state index < -0.39 is 0 Å². The molecule has 20 heavy (non-hydrogen) atoms. The average molecular weight is 289 g/mol. The monoisotopic (exact) mass is 288 g/mol. The maximum absolute atomic E-state index is 5.84. The molecule has 0 radical (unpaired) electrons. The Morgan fingerprint density at radius 1 is 1.30 bits per heavy atom. The van der Waals surface area contributed by atoms with Crippen LogP contribution in [0.5, 0.6) is 5.75 Å². The topological polar surface area (TPSA) is 27.1 Å². The number of benzene rings is 1. The molecule has 0 bridgehead atoms. The molecular formula is C16H17ClN2O. The van der Waals surface area contributed by atoms with Crippen molar-refractivity contribution in [1.29, 1.82) is 0 Å². The Morgan fingerprint density at radius 3 is 2.70 bits per heavy atom. The number of alkyl halides is 1. The van der Waals surface area contributed by atoms with Crippen molar-refractivity contribution in [2.45, 2.75) is 20.5 Å². The van der Waals surface area contributed by atoms with Gasteiger partial charge in [-0.05, 0) is 43.7 Å². The molecule has 0 saturated heterocycles. The van der Waals surface area contributed by atoms with E-state index in [4.69, 9.17) is 16.3 Å². The number of hydrogen-bond acceptors (Lipinski definition) is 2. The normalized spacial score (nSPS) is 10.0. The number of halogens is 1. The molecule has 1 aromatic carbocycles. The molecule has 0 unspecified atom stereocenters. The van der Waals surface area contributed by atoms with E-state index in [9.17, 15) is 0 Å². The second-order valence-electron chi connectivity index (χ2n) is 4.61. The Labute approximate surface area is 124 Å². The van der Waals surface area contributed by atoms with Gasteiger partial charge in [0.25, 0.3) is 0 Å². The van der Waals surface area contributed by atoms with Crippen LogP contribution in [-0.2, 0) is 13.7 Å². The largest absolute Gasteiger partial charge is 0.487 e. The summed E-state index contributed by atoms with van der Waals surface area (Å²) in [4.78, 5) is 0. The van der Waals surface area contributed by atoms with Crippen LogP contribution in [0.2, 0.25) is 0 Å². The van der Waals surface area contributed by atoms with Crippen LogP contribution in [0.3, 0.4) is 0 Å². The number of aryl methyl sites for hydroxylation is 3. The molecule has 0 aliphatic carbocycles. The van der Waals surface area contributed by atoms with Crippen molar-refractivity contribution in [2.24, 2.45) is 7.05 Å². The van der Waals surface area contributed by atoms with Crippen LogP contribution >= 0.6 is 11.6 Å². The lowest BCUT2D eigenvalue weighted by atomic mass is 10.1. The van der Waals surface area contributed by atoms with Gasteiger partial charge in [0.1, 0.15) is 12.4 Å². The molecule has 2 rings (SSSR count). The summed E-state index contributed by atoms with van der Waals surface area (Å²) in [5.74, 6) is 7.05. The van der Waals surface area contributed by atoms with Gasteiger partial charge in [-0.3, -0.25) is 4.68 Å². The summed E-state index contributed by atoms with van der Waals surface area (Å²) in [6.07, 6.45) is 0. The fourth-order valence-corrected chi connectivity index (χ4v) is 2.04. The molecule has 3 nitrogen and oxygen atoms in total. The van der Waals surface area contributed by atoms with Crippen molar-refractivity contribution in [2.75, 3.05) is 5.88 Å². The molecular weight excluding hydrogens is 272 g/mol. The fraction of sp³-hybridized carbons (Fsp3) is 0.312. The standard InChI is InChI=1S/C16H17ClN2O/c1-12-9-14(5-4-8-17)6-7-16(12)20-11-15-10-13(2)18-19(15)3/h6-7,9-10H,8,11H2,1-3H3. The molecule has 0 spiro atoms. The van der Waals surface area contributed by atoms with E-state index in [-0.39, 0.29) is 0 Å². The van der Waals surface area contributed by atoms with E-state index in [1.807, 2.05) is 49.8 Å². The summed E-state index contributed by atoms with van der Waals surface area (Å²) >= 11 is 5.55. The summed E-state index contributed by atoms with van der Waals surface area (Å²) in [5, 5.41) is 4.30. The van der Waals surface area contributed by atoms with Crippen molar-refractivity contribution in [3.05, 3.63) is 46.8 Å². The maximum Gasteiger partial charge on any atom is 0.130 e. The molecule has 0 aliphatic rings. The number of nitrogens with zero attached hydrogens (tertiary/aromatic N) is 2. The number of aromatic nitrogens is 2. The number of ether oxygens (including phenoxy) is 1. The summed E-state index contributed by atoms with van der Waals surface area (Å²) < 4.78 is 7.68. The van der Waals surface area contributed by atoms with Gasteiger partial charge in [0.05, 0.1) is 17.3 Å². The summed E-state index contributed by atoms with van der Waals surface area (Å²) in [6, 6.07) is 7.91. The van der Waals surface area contributed by atoms with E-state index in [0.717, 1.165) is 28.3 Å². The van der Waals surface area contributed by atoms with Crippen molar-refractivity contribution in [1.82, 2.24) is 9.78 Å². The predicted octanol–water partition coefficient (Wildman–Crippen LogP) is 3.21. The minimum atomic E-state index is 0.344. The van der Waals surface area contributed by atoms with Crippen LogP contribution in [0, 0.1) is 25.7 Å². The quantitative estimate of drug-likeness (QED) is 0.640. The van der Waals surface area contributed by atoms with Crippen LogP contribution in [0.25, 0.3) is 0 Å². The third kappa shape index (κ3) is 3.55. The smallest absolute Gasteiger partial charge is 0.130 e. The molecule has 0 N–H and O–H groups in total. The zero-order valence-corrected chi connectivity index (χ0v) is 12.7. The summed E-state index contributed by atoms with van der Waals surface area (Å²) in [7, 11) is 1.92. The Balaban J connectivity index is 2.08. The highest BCUT2D eigenvalue weighted by molar-refractivity contribution is 6.19. The first-order valence-corrected chi connectivity index (χ1v) is 6.91. The first kappa shape index (κ1) is 14.5. The van der Waals surface area contributed by atoms with Gasteiger partial charge in [-0.2, -0.15) is 5.10 Å². The zero-order chi connectivity index (χ0) is 14.5. The molecule has 2 aromatic rings. The molecule has 104 valence electrons. The van der Waals surface area contributed by atoms with Gasteiger partial charge < -0.3 is 4.74 Å². The van der Waals surface area contributed by atoms with Crippen molar-refractivity contribution in [3.63, 3.8) is 0 Å². The number of hydrogen-bond donors (Lipinski definition) is 0. The van der Waals surface area contributed by atoms with Crippen LogP contribution in [0.15, 0.2) is 24.3 Å². The molecule has 0 fully saturated rings. The molecule has 4 heteroatoms. The predicted molar refractivity (Wildman–Crippen MR) is 81.1 cm³/mol. The van der Waals surface area contributed by atoms with E-state index in [1.54, 1.807) is 0 Å². The average Bonchev–Trinajstić information content (AvgIpc) is 2.73. The molecule has 1 heterocycles. The SMILES string of the molecule is Cc1cc(COc2ccc(C#CCCl)cc2C)n(C)n1. The lowest BCUT2D eigenvalue weighted by Crippen LogP contribution is -2.03. The van der Waals surface area contributed by atoms with E-state index in [0.29, 0.717) is 12.5 Å². The second-order valence-corrected chi connectivity index (χ2v) is 4.87. The van der Waals surface area contributed by atoms with Gasteiger partial charge >= 0.3 is 0 Å². The molecule has 0 saturated carbocycles. The van der Waals surface area contributed by atoms with E-state index >= 15 is 0 Å². The highest BCUT2D eigenvalue weighted by Gasteiger charge is 2.05. The van der Waals surface area contributed by atoms with Crippen LogP contribution in [0.4, 0.5) is 0 Å². The Hall–Kier alpha value is -1.92. The molecule has 0 atom stereocenters. The van der Waals surface area contributed by atoms with Crippen molar-refractivity contribution >= 4 is 11.6 Å². The molecule has 1 aromatic heterocycles. The highest BCUT2D eigenvalue weighted by Crippen LogP contribution is 2.20. The van der Waals surface area contributed by atoms with Gasteiger partial charge in [0.15, 0.2) is 0 Å².